The van der Waals surface area contributed by atoms with Crippen LogP contribution in [0.1, 0.15) is 34.6 Å². The highest BCUT2D eigenvalue weighted by Gasteiger charge is 2.52. The van der Waals surface area contributed by atoms with Gasteiger partial charge in [0.1, 0.15) is 12.7 Å². The van der Waals surface area contributed by atoms with Crippen molar-refractivity contribution in [1.29, 1.82) is 0 Å². The summed E-state index contributed by atoms with van der Waals surface area (Å²) in [6.07, 6.45) is -4.97. The summed E-state index contributed by atoms with van der Waals surface area (Å²) in [6.45, 7) is 5.72. The zero-order valence-electron chi connectivity index (χ0n) is 18.2. The van der Waals surface area contributed by atoms with Gasteiger partial charge in [-0.3, -0.25) is 19.2 Å². The van der Waals surface area contributed by atoms with Gasteiger partial charge >= 0.3 is 29.8 Å². The van der Waals surface area contributed by atoms with Crippen molar-refractivity contribution in [3.63, 3.8) is 0 Å². The third kappa shape index (κ3) is 8.62. The second-order valence-corrected chi connectivity index (χ2v) is 6.61. The minimum absolute atomic E-state index is 0.271. The maximum absolute atomic E-state index is 11.7. The van der Waals surface area contributed by atoms with Crippen molar-refractivity contribution in [1.82, 2.24) is 5.32 Å². The average Bonchev–Trinajstić information content (AvgIpc) is 2.63. The Balaban J connectivity index is 3.37. The number of nitrogens with one attached hydrogen (secondary N) is 1. The van der Waals surface area contributed by atoms with E-state index in [4.69, 9.17) is 23.7 Å². The zero-order chi connectivity index (χ0) is 23.7. The van der Waals surface area contributed by atoms with Crippen LogP contribution in [0.5, 0.6) is 0 Å². The van der Waals surface area contributed by atoms with Gasteiger partial charge in [0.05, 0.1) is 7.11 Å². The lowest BCUT2D eigenvalue weighted by Gasteiger charge is -2.44. The van der Waals surface area contributed by atoms with Gasteiger partial charge in [-0.15, -0.1) is 0 Å². The normalized spacial score (nSPS) is 25.6. The van der Waals surface area contributed by atoms with Crippen molar-refractivity contribution in [2.45, 2.75) is 65.3 Å². The number of allylic oxidation sites excluding steroid dienone is 1. The maximum Gasteiger partial charge on any atom is 0.332 e. The first kappa shape index (κ1) is 25.9. The quantitative estimate of drug-likeness (QED) is 0.297. The number of hydrogen-bond acceptors (Lipinski definition) is 12. The molecule has 0 aliphatic carbocycles. The standard InChI is InChI=1S/C19H27NO11/c1-9(7-15(25)26-6)20-19-18(30-13(5)24)17(29-12(4)23)16(28-11(3)22)14(31-19)8-27-10(2)21/h7,14,16-20H,8H2,1-6H3/b9-7-/t14-,16-,17+,18-,19-/m1/s1. The molecule has 1 aliphatic rings. The van der Waals surface area contributed by atoms with Crippen LogP contribution in [0.4, 0.5) is 0 Å². The summed E-state index contributed by atoms with van der Waals surface area (Å²) in [7, 11) is 1.19. The van der Waals surface area contributed by atoms with E-state index >= 15 is 0 Å². The van der Waals surface area contributed by atoms with E-state index in [1.54, 1.807) is 0 Å². The van der Waals surface area contributed by atoms with E-state index in [1.165, 1.54) is 21.0 Å². The van der Waals surface area contributed by atoms with Gasteiger partial charge in [0.15, 0.2) is 24.5 Å². The number of methoxy groups -OCH3 is 1. The summed E-state index contributed by atoms with van der Waals surface area (Å²) < 4.78 is 31.2. The van der Waals surface area contributed by atoms with Gasteiger partial charge < -0.3 is 33.7 Å². The molecule has 1 aliphatic heterocycles. The van der Waals surface area contributed by atoms with Crippen molar-refractivity contribution in [2.75, 3.05) is 13.7 Å². The van der Waals surface area contributed by atoms with Gasteiger partial charge in [0, 0.05) is 39.5 Å². The Kier molecular flexibility index (Phi) is 9.93. The van der Waals surface area contributed by atoms with E-state index in [2.05, 4.69) is 10.1 Å². The third-order valence-electron chi connectivity index (χ3n) is 3.90. The predicted octanol–water partition coefficient (Wildman–Crippen LogP) is -0.264. The number of rotatable bonds is 8. The lowest BCUT2D eigenvalue weighted by Crippen LogP contribution is -2.65. The summed E-state index contributed by atoms with van der Waals surface area (Å²) in [4.78, 5) is 57.9. The summed E-state index contributed by atoms with van der Waals surface area (Å²) in [6, 6.07) is 0. The highest BCUT2D eigenvalue weighted by molar-refractivity contribution is 5.82. The molecule has 12 nitrogen and oxygen atoms in total. The second-order valence-electron chi connectivity index (χ2n) is 6.61. The van der Waals surface area contributed by atoms with Crippen molar-refractivity contribution >= 4 is 29.8 Å². The Bertz CT molecular complexity index is 732. The topological polar surface area (TPSA) is 153 Å². The first-order valence-electron chi connectivity index (χ1n) is 9.27. The molecule has 1 heterocycles. The van der Waals surface area contributed by atoms with Gasteiger partial charge in [0.2, 0.25) is 0 Å². The molecule has 0 saturated carbocycles. The van der Waals surface area contributed by atoms with Crippen molar-refractivity contribution < 1.29 is 52.4 Å². The lowest BCUT2D eigenvalue weighted by atomic mass is 9.97. The minimum Gasteiger partial charge on any atom is -0.466 e. The molecule has 0 bridgehead atoms. The monoisotopic (exact) mass is 445 g/mol. The van der Waals surface area contributed by atoms with Crippen LogP contribution in [0.15, 0.2) is 11.8 Å². The van der Waals surface area contributed by atoms with E-state index in [-0.39, 0.29) is 12.3 Å². The zero-order valence-corrected chi connectivity index (χ0v) is 18.2. The molecule has 1 saturated heterocycles. The van der Waals surface area contributed by atoms with Crippen LogP contribution in [0.25, 0.3) is 0 Å². The van der Waals surface area contributed by atoms with Crippen LogP contribution in [-0.4, -0.2) is 74.2 Å². The van der Waals surface area contributed by atoms with E-state index in [9.17, 15) is 24.0 Å². The van der Waals surface area contributed by atoms with Gasteiger partial charge in [-0.25, -0.2) is 4.79 Å². The average molecular weight is 445 g/mol. The summed E-state index contributed by atoms with van der Waals surface area (Å²) >= 11 is 0. The van der Waals surface area contributed by atoms with Crippen LogP contribution in [0, 0.1) is 0 Å². The fourth-order valence-electron chi connectivity index (χ4n) is 2.85. The number of esters is 5. The highest BCUT2D eigenvalue weighted by Crippen LogP contribution is 2.28. The molecule has 0 aromatic heterocycles. The van der Waals surface area contributed by atoms with Gasteiger partial charge in [-0.05, 0) is 6.92 Å². The Hall–Kier alpha value is -3.15. The largest absolute Gasteiger partial charge is 0.466 e. The van der Waals surface area contributed by atoms with E-state index < -0.39 is 60.5 Å². The van der Waals surface area contributed by atoms with E-state index in [0.29, 0.717) is 0 Å². The molecule has 1 fully saturated rings. The Morgan fingerprint density at radius 1 is 0.806 bits per heavy atom. The Labute approximate surface area is 179 Å². The lowest BCUT2D eigenvalue weighted by molar-refractivity contribution is -0.256. The van der Waals surface area contributed by atoms with Crippen LogP contribution in [0.2, 0.25) is 0 Å². The van der Waals surface area contributed by atoms with Crippen molar-refractivity contribution in [3.05, 3.63) is 11.8 Å². The first-order valence-corrected chi connectivity index (χ1v) is 9.27. The van der Waals surface area contributed by atoms with Crippen LogP contribution in [-0.2, 0) is 52.4 Å². The van der Waals surface area contributed by atoms with E-state index in [0.717, 1.165) is 26.8 Å². The predicted molar refractivity (Wildman–Crippen MR) is 101 cm³/mol. The highest BCUT2D eigenvalue weighted by atomic mass is 16.7. The maximum atomic E-state index is 11.7. The number of hydrogen-bond donors (Lipinski definition) is 1. The fourth-order valence-corrected chi connectivity index (χ4v) is 2.85. The van der Waals surface area contributed by atoms with Gasteiger partial charge in [0.25, 0.3) is 0 Å². The van der Waals surface area contributed by atoms with E-state index in [1.807, 2.05) is 0 Å². The van der Waals surface area contributed by atoms with Crippen LogP contribution >= 0.6 is 0 Å². The molecule has 1 rings (SSSR count). The molecule has 0 aromatic carbocycles. The molecular formula is C19H27NO11. The molecule has 0 unspecified atom stereocenters. The Morgan fingerprint density at radius 3 is 1.81 bits per heavy atom. The third-order valence-corrected chi connectivity index (χ3v) is 3.90. The summed E-state index contributed by atoms with van der Waals surface area (Å²) in [5, 5.41) is 2.82. The molecule has 12 heteroatoms. The summed E-state index contributed by atoms with van der Waals surface area (Å²) in [5.74, 6) is -3.48. The molecule has 5 atom stereocenters. The van der Waals surface area contributed by atoms with Crippen LogP contribution < -0.4 is 5.32 Å². The van der Waals surface area contributed by atoms with Crippen molar-refractivity contribution in [2.24, 2.45) is 0 Å². The number of carbonyl (C=O) groups is 5. The molecule has 0 amide bonds. The molecule has 174 valence electrons. The molecule has 0 spiro atoms. The smallest absolute Gasteiger partial charge is 0.332 e. The fraction of sp³-hybridized carbons (Fsp3) is 0.632. The SMILES string of the molecule is COC(=O)/C=C(/C)N[C@@H]1O[C@H](COC(C)=O)[C@@H](OC(C)=O)[C@H](OC(C)=O)[C@H]1OC(C)=O. The number of ether oxygens (including phenoxy) is 6. The Morgan fingerprint density at radius 2 is 1.32 bits per heavy atom. The van der Waals surface area contributed by atoms with Gasteiger partial charge in [-0.1, -0.05) is 0 Å². The molecule has 0 radical (unpaired) electrons. The first-order chi connectivity index (χ1) is 14.4. The molecule has 0 aromatic rings. The minimum atomic E-state index is -1.30. The molecular weight excluding hydrogens is 418 g/mol. The number of carbonyl (C=O) groups excluding carboxylic acids is 5. The summed E-state index contributed by atoms with van der Waals surface area (Å²) in [5.41, 5.74) is 0.271. The van der Waals surface area contributed by atoms with Gasteiger partial charge in [-0.2, -0.15) is 0 Å². The van der Waals surface area contributed by atoms with Crippen LogP contribution in [0.3, 0.4) is 0 Å². The second kappa shape index (κ2) is 11.9. The van der Waals surface area contributed by atoms with Crippen molar-refractivity contribution in [3.8, 4) is 0 Å². The molecule has 31 heavy (non-hydrogen) atoms. The molecule has 1 N–H and O–H groups in total.